The number of hydrazone groups is 1. The van der Waals surface area contributed by atoms with E-state index < -0.39 is 5.91 Å². The summed E-state index contributed by atoms with van der Waals surface area (Å²) in [6.45, 7) is 0.613. The predicted molar refractivity (Wildman–Crippen MR) is 149 cm³/mol. The first-order valence-electron chi connectivity index (χ1n) is 12.6. The molecule has 0 bridgehead atoms. The van der Waals surface area contributed by atoms with E-state index in [1.54, 1.807) is 38.5 Å². The van der Waals surface area contributed by atoms with Crippen molar-refractivity contribution in [3.05, 3.63) is 53.6 Å². The molecule has 38 heavy (non-hydrogen) atoms. The molecule has 0 saturated heterocycles. The lowest BCUT2D eigenvalue weighted by atomic mass is 9.90. The second-order valence-electron chi connectivity index (χ2n) is 9.05. The van der Waals surface area contributed by atoms with Crippen LogP contribution in [0, 0.1) is 11.3 Å². The minimum absolute atomic E-state index is 0.0334. The van der Waals surface area contributed by atoms with Crippen LogP contribution in [0.4, 0.5) is 0 Å². The van der Waals surface area contributed by atoms with Gasteiger partial charge in [-0.3, -0.25) is 10.2 Å². The van der Waals surface area contributed by atoms with Crippen molar-refractivity contribution in [2.24, 2.45) is 16.0 Å². The fraction of sp³-hybridized carbons (Fsp3) is 0.357. The van der Waals surface area contributed by atoms with Crippen LogP contribution in [0.25, 0.3) is 6.08 Å². The Balaban J connectivity index is 1.25. The highest BCUT2D eigenvalue weighted by Gasteiger charge is 2.38. The van der Waals surface area contributed by atoms with Crippen molar-refractivity contribution in [1.29, 1.82) is 5.41 Å². The Hall–Kier alpha value is -3.79. The number of para-hydroxylation sites is 2. The molecule has 1 amide bonds. The monoisotopic (exact) mass is 534 g/mol. The zero-order chi connectivity index (χ0) is 26.5. The minimum atomic E-state index is -0.443. The van der Waals surface area contributed by atoms with Gasteiger partial charge in [0.15, 0.2) is 28.8 Å². The van der Waals surface area contributed by atoms with E-state index in [-0.39, 0.29) is 11.4 Å². The molecule has 9 nitrogen and oxygen atoms in total. The molecule has 1 N–H and O–H groups in total. The largest absolute Gasteiger partial charge is 0.493 e. The van der Waals surface area contributed by atoms with Crippen molar-refractivity contribution in [2.75, 3.05) is 27.4 Å². The lowest BCUT2D eigenvalue weighted by Gasteiger charge is -2.20. The van der Waals surface area contributed by atoms with Crippen molar-refractivity contribution in [2.45, 2.75) is 32.1 Å². The number of methoxy groups -OCH3 is 2. The number of carbonyl (C=O) groups is 1. The van der Waals surface area contributed by atoms with Crippen LogP contribution in [0.3, 0.4) is 0 Å². The number of rotatable bonds is 9. The number of ether oxygens (including phenoxy) is 4. The zero-order valence-electron chi connectivity index (χ0n) is 21.4. The Kier molecular flexibility index (Phi) is 7.97. The molecule has 1 fully saturated rings. The second kappa shape index (κ2) is 11.7. The van der Waals surface area contributed by atoms with Gasteiger partial charge in [0.05, 0.1) is 19.8 Å². The third-order valence-electron chi connectivity index (χ3n) is 6.59. The maximum atomic E-state index is 12.8. The standard InChI is InChI=1S/C28H30N4O5S/c1-34-21-10-6-7-11-22(21)36-14-15-37-23-13-12-18(17-24(23)35-2)16-20-25(29)32-28(30-26(20)33)38-27(31-32)19-8-4-3-5-9-19/h6-7,10-13,16-17,19,29H,3-5,8-9,14-15H2,1-2H3/b20-16-,29-25?. The van der Waals surface area contributed by atoms with Crippen LogP contribution in [-0.2, 0) is 4.79 Å². The van der Waals surface area contributed by atoms with Gasteiger partial charge in [0.25, 0.3) is 5.91 Å². The van der Waals surface area contributed by atoms with E-state index in [0.717, 1.165) is 17.9 Å². The SMILES string of the molecule is COc1ccccc1OCCOc1ccc(/C=C2/C(=N)N3N=C(C4CCCCC4)SC3=NC2=O)cc1OC. The Labute approximate surface area is 226 Å². The first kappa shape index (κ1) is 25.8. The molecule has 2 aromatic rings. The molecule has 0 radical (unpaired) electrons. The van der Waals surface area contributed by atoms with E-state index in [1.807, 2.05) is 24.3 Å². The summed E-state index contributed by atoms with van der Waals surface area (Å²) in [4.78, 5) is 17.1. The highest BCUT2D eigenvalue weighted by atomic mass is 32.2. The molecule has 3 aliphatic rings. The van der Waals surface area contributed by atoms with Crippen LogP contribution in [0.1, 0.15) is 37.7 Å². The number of aliphatic imine (C=N–C) groups is 1. The molecule has 2 heterocycles. The molecule has 10 heteroatoms. The summed E-state index contributed by atoms with van der Waals surface area (Å²) < 4.78 is 22.4. The van der Waals surface area contributed by atoms with Gasteiger partial charge in [-0.1, -0.05) is 37.5 Å². The summed E-state index contributed by atoms with van der Waals surface area (Å²) in [6, 6.07) is 12.8. The van der Waals surface area contributed by atoms with Gasteiger partial charge in [0, 0.05) is 5.92 Å². The van der Waals surface area contributed by atoms with Crippen LogP contribution >= 0.6 is 11.8 Å². The first-order valence-corrected chi connectivity index (χ1v) is 13.5. The predicted octanol–water partition coefficient (Wildman–Crippen LogP) is 5.36. The number of nitrogens with one attached hydrogen (secondary N) is 1. The molecule has 198 valence electrons. The summed E-state index contributed by atoms with van der Waals surface area (Å²) in [5.41, 5.74) is 0.874. The van der Waals surface area contributed by atoms with Gasteiger partial charge in [-0.2, -0.15) is 15.1 Å². The second-order valence-corrected chi connectivity index (χ2v) is 10.0. The van der Waals surface area contributed by atoms with Crippen molar-refractivity contribution < 1.29 is 23.7 Å². The van der Waals surface area contributed by atoms with Crippen LogP contribution in [-0.4, -0.2) is 54.4 Å². The van der Waals surface area contributed by atoms with Crippen molar-refractivity contribution >= 4 is 39.8 Å². The quantitative estimate of drug-likeness (QED) is 0.341. The third-order valence-corrected chi connectivity index (χ3v) is 7.66. The summed E-state index contributed by atoms with van der Waals surface area (Å²) in [5.74, 6) is 2.32. The van der Waals surface area contributed by atoms with Crippen LogP contribution < -0.4 is 18.9 Å². The molecule has 0 atom stereocenters. The normalized spacial score (nSPS) is 18.7. The maximum Gasteiger partial charge on any atom is 0.283 e. The van der Waals surface area contributed by atoms with Crippen molar-refractivity contribution in [3.8, 4) is 23.0 Å². The van der Waals surface area contributed by atoms with Gasteiger partial charge < -0.3 is 18.9 Å². The molecule has 0 spiro atoms. The van der Waals surface area contributed by atoms with Gasteiger partial charge in [-0.05, 0) is 60.5 Å². The number of hydrogen-bond acceptors (Lipinski definition) is 8. The maximum absolute atomic E-state index is 12.8. The van der Waals surface area contributed by atoms with E-state index in [1.165, 1.54) is 36.0 Å². The first-order chi connectivity index (χ1) is 18.6. The van der Waals surface area contributed by atoms with Gasteiger partial charge in [0.1, 0.15) is 18.3 Å². The smallest absolute Gasteiger partial charge is 0.283 e. The number of amides is 1. The highest BCUT2D eigenvalue weighted by molar-refractivity contribution is 8.27. The fourth-order valence-electron chi connectivity index (χ4n) is 4.62. The number of carbonyl (C=O) groups excluding carboxylic acids is 1. The van der Waals surface area contributed by atoms with Gasteiger partial charge in [-0.15, -0.1) is 0 Å². The Bertz CT molecular complexity index is 1320. The average molecular weight is 535 g/mol. The number of hydrogen-bond donors (Lipinski definition) is 1. The Morgan fingerprint density at radius 2 is 1.66 bits per heavy atom. The molecule has 2 aliphatic heterocycles. The summed E-state index contributed by atoms with van der Waals surface area (Å²) in [5, 5.41) is 16.2. The molecule has 2 aromatic carbocycles. The number of amidine groups is 2. The van der Waals surface area contributed by atoms with Gasteiger partial charge >= 0.3 is 0 Å². The van der Waals surface area contributed by atoms with Crippen molar-refractivity contribution in [1.82, 2.24) is 5.01 Å². The summed E-state index contributed by atoms with van der Waals surface area (Å²) in [7, 11) is 3.15. The van der Waals surface area contributed by atoms with Crippen LogP contribution in [0.5, 0.6) is 23.0 Å². The highest BCUT2D eigenvalue weighted by Crippen LogP contribution is 2.37. The molecule has 0 unspecified atom stereocenters. The van der Waals surface area contributed by atoms with E-state index in [2.05, 4.69) is 10.1 Å². The van der Waals surface area contributed by atoms with E-state index >= 15 is 0 Å². The number of nitrogens with zero attached hydrogens (tertiary/aromatic N) is 3. The number of thioether (sulfide) groups is 1. The van der Waals surface area contributed by atoms with E-state index in [9.17, 15) is 4.79 Å². The summed E-state index contributed by atoms with van der Waals surface area (Å²) in [6.07, 6.45) is 7.46. The van der Waals surface area contributed by atoms with E-state index in [0.29, 0.717) is 52.9 Å². The lowest BCUT2D eigenvalue weighted by Crippen LogP contribution is -2.35. The van der Waals surface area contributed by atoms with Gasteiger partial charge in [-0.25, -0.2) is 0 Å². The molecular weight excluding hydrogens is 504 g/mol. The van der Waals surface area contributed by atoms with Gasteiger partial charge in [0.2, 0.25) is 5.17 Å². The fourth-order valence-corrected chi connectivity index (χ4v) is 5.68. The minimum Gasteiger partial charge on any atom is -0.493 e. The number of benzene rings is 2. The average Bonchev–Trinajstić information content (AvgIpc) is 3.38. The van der Waals surface area contributed by atoms with Crippen LogP contribution in [0.15, 0.2) is 58.1 Å². The third kappa shape index (κ3) is 5.55. The molecule has 1 aliphatic carbocycles. The van der Waals surface area contributed by atoms with Crippen LogP contribution in [0.2, 0.25) is 0 Å². The van der Waals surface area contributed by atoms with E-state index in [4.69, 9.17) is 24.4 Å². The van der Waals surface area contributed by atoms with Crippen molar-refractivity contribution in [3.63, 3.8) is 0 Å². The summed E-state index contributed by atoms with van der Waals surface area (Å²) >= 11 is 1.42. The Morgan fingerprint density at radius 3 is 2.37 bits per heavy atom. The molecular formula is C28H30N4O5S. The molecule has 0 aromatic heterocycles. The zero-order valence-corrected chi connectivity index (χ0v) is 22.3. The Morgan fingerprint density at radius 1 is 0.974 bits per heavy atom. The lowest BCUT2D eigenvalue weighted by molar-refractivity contribution is -0.114. The molecule has 1 saturated carbocycles. The molecule has 5 rings (SSSR count). The number of fused-ring (bicyclic) bond motifs is 1. The topological polar surface area (TPSA) is 106 Å².